The molecular formula is C79H75N13O12S11. The molecule has 0 aliphatic heterocycles. The quantitative estimate of drug-likeness (QED) is 0.0254. The predicted molar refractivity (Wildman–Crippen MR) is 458 cm³/mol. The van der Waals surface area contributed by atoms with E-state index < -0.39 is 37.4 Å². The van der Waals surface area contributed by atoms with E-state index in [9.17, 15) is 31.9 Å². The minimum Gasteiger partial charge on any atom is -0.744 e. The van der Waals surface area contributed by atoms with Crippen LogP contribution in [0.4, 0.5) is 20.5 Å². The fourth-order valence-electron chi connectivity index (χ4n) is 11.9. The van der Waals surface area contributed by atoms with Gasteiger partial charge in [-0.2, -0.15) is 4.57 Å². The summed E-state index contributed by atoms with van der Waals surface area (Å²) < 4.78 is 86.9. The predicted octanol–water partition coefficient (Wildman–Crippen LogP) is 14.5. The molecule has 17 aromatic rings. The zero-order valence-electron chi connectivity index (χ0n) is 62.8. The van der Waals surface area contributed by atoms with E-state index in [1.54, 1.807) is 78.0 Å². The molecule has 2 atom stereocenters. The molecule has 115 heavy (non-hydrogen) atoms. The smallest absolute Gasteiger partial charge is 0.387 e. The number of hydrogen-bond acceptors (Lipinski definition) is 24. The molecule has 36 heteroatoms. The first kappa shape index (κ1) is 84.7. The molecule has 0 amide bonds. The number of fused-ring (bicyclic) bond motifs is 7. The molecule has 0 aliphatic carbocycles. The van der Waals surface area contributed by atoms with E-state index in [-0.39, 0.29) is 16.6 Å². The zero-order chi connectivity index (χ0) is 81.3. The fourth-order valence-corrected chi connectivity index (χ4v) is 22.0. The van der Waals surface area contributed by atoms with Gasteiger partial charge >= 0.3 is 39.7 Å². The second-order valence-corrected chi connectivity index (χ2v) is 36.6. The van der Waals surface area contributed by atoms with Crippen LogP contribution in [0.25, 0.3) is 82.8 Å². The van der Waals surface area contributed by atoms with E-state index in [1.807, 2.05) is 115 Å². The zero-order valence-corrected chi connectivity index (χ0v) is 71.8. The number of thiazole rings is 8. The Morgan fingerprint density at radius 2 is 0.861 bits per heavy atom. The number of rotatable bonds is 18. The molecule has 9 aromatic carbocycles. The Morgan fingerprint density at radius 1 is 0.461 bits per heavy atom. The summed E-state index contributed by atoms with van der Waals surface area (Å²) in [7, 11) is 3.81. The Kier molecular flexibility index (Phi) is 29.3. The van der Waals surface area contributed by atoms with Crippen LogP contribution in [0.3, 0.4) is 0 Å². The lowest BCUT2D eigenvalue weighted by atomic mass is 10.2. The maximum absolute atomic E-state index is 11.7. The number of benzene rings is 9. The van der Waals surface area contributed by atoms with Gasteiger partial charge in [0, 0.05) is 46.0 Å². The van der Waals surface area contributed by atoms with Crippen molar-refractivity contribution in [2.45, 2.75) is 76.2 Å². The molecule has 0 bridgehead atoms. The van der Waals surface area contributed by atoms with Crippen molar-refractivity contribution in [3.63, 3.8) is 0 Å². The van der Waals surface area contributed by atoms with Crippen molar-refractivity contribution >= 4 is 215 Å². The van der Waals surface area contributed by atoms with Gasteiger partial charge in [-0.1, -0.05) is 205 Å². The number of hydrogen-bond donors (Lipinski definition) is 0. The summed E-state index contributed by atoms with van der Waals surface area (Å²) >= 11 is 9.23. The van der Waals surface area contributed by atoms with Crippen molar-refractivity contribution in [2.75, 3.05) is 0 Å². The van der Waals surface area contributed by atoms with E-state index >= 15 is 0 Å². The Hall–Kier alpha value is -9.71. The molecule has 17 rings (SSSR count). The van der Waals surface area contributed by atoms with Crippen LogP contribution in [0.1, 0.15) is 45.1 Å². The highest BCUT2D eigenvalue weighted by Gasteiger charge is 2.25. The number of para-hydroxylation sites is 7. The first-order valence-electron chi connectivity index (χ1n) is 35.5. The van der Waals surface area contributed by atoms with Crippen molar-refractivity contribution in [2.24, 2.45) is 48.2 Å². The molecular weight excluding hydrogens is 1680 g/mol. The van der Waals surface area contributed by atoms with Crippen LogP contribution in [0.5, 0.6) is 0 Å². The summed E-state index contributed by atoms with van der Waals surface area (Å²) in [6.45, 7) is 8.37. The molecule has 594 valence electrons. The van der Waals surface area contributed by atoms with Crippen molar-refractivity contribution in [1.29, 1.82) is 0 Å². The topological polar surface area (TPSA) is 307 Å². The van der Waals surface area contributed by atoms with Crippen LogP contribution in [0.15, 0.2) is 255 Å². The maximum atomic E-state index is 11.7. The third-order valence-corrected chi connectivity index (χ3v) is 28.2. The van der Waals surface area contributed by atoms with Crippen molar-refractivity contribution in [3.8, 4) is 11.3 Å². The first-order valence-corrected chi connectivity index (χ1v) is 46.0. The lowest BCUT2D eigenvalue weighted by Gasteiger charge is -2.06. The van der Waals surface area contributed by atoms with Crippen LogP contribution in [0, 0.1) is 22.2 Å². The Bertz CT molecular complexity index is 6740. The molecule has 8 aromatic heterocycles. The summed E-state index contributed by atoms with van der Waals surface area (Å²) in [4.78, 5) is 31.3. The standard InChI is InChI=1S/C22H26N3S2.C18H15N3O3S3.C16H13N3O3S3.C16H14N3S2.C7H8O3S.NO3/c1-3-5-15-24-17-11-7-9-13-19(17)26-21(24)23-22-25(16-6-4-2)18-12-8-10-14-20(18)27-22;1-20-15(13-7-3-2-4-8-13)11-25-17(20)19-18-21(12-27(23)24-22)14-9-5-6-10-16(14)26-18;1-18-11-6-2-4-8-13(11)23-15(18)17-16-19(10-25(21)22-20)12-7-3-5-9-14(12)24-16;1-18-11-7-3-5-9-13(11)20-15(18)17-16-19(2)12-8-4-6-10-14(12)21-16;1-6-2-4-7(5-3-6)11(8,9)10;2-1(3)4/h7-14H,3-6,15-16H2,1-2H3;2-11H,12H2,1H3;2-9H,10H2,1H3;3-10H,1-2H3;2-5H,1H3,(H,8,9,10);/q+1;;;+1;;-1/p-1. The average molecular weight is 1750 g/mol. The first-order chi connectivity index (χ1) is 55.6. The maximum Gasteiger partial charge on any atom is 0.387 e. The van der Waals surface area contributed by atoms with Crippen LogP contribution >= 0.6 is 90.7 Å². The SMILES string of the molecule is CCCCn1c(=Nc2sc3ccccc3[n+]2CCCC)sc2ccccc21.C[n+]1c(N=c2sc3ccccc3n2CS(=O)O[O-])sc2ccccc21.Cc1ccc(S(=O)(=O)[O-])cc1.Cn1c(-c2ccccc2)csc1=Nc1sc2ccccc2[n+]1CS(=O)O[O-].Cn1c(=Nc2sc3ccccc3[n+]2C)sc2ccccc21.O=[N+]([O-])[O-]. The third-order valence-electron chi connectivity index (χ3n) is 17.7. The minimum atomic E-state index is -4.27. The highest BCUT2D eigenvalue weighted by molar-refractivity contribution is 7.85. The van der Waals surface area contributed by atoms with Crippen LogP contribution < -0.4 is 48.0 Å². The second kappa shape index (κ2) is 39.8. The lowest BCUT2D eigenvalue weighted by molar-refractivity contribution is -0.655. The average Bonchev–Trinajstić information content (AvgIpc) is 1.73. The van der Waals surface area contributed by atoms with Gasteiger partial charge in [0.05, 0.1) is 85.8 Å². The largest absolute Gasteiger partial charge is 0.744 e. The van der Waals surface area contributed by atoms with Gasteiger partial charge in [-0.3, -0.25) is 18.3 Å². The van der Waals surface area contributed by atoms with Gasteiger partial charge in [0.15, 0.2) is 28.0 Å². The second-order valence-electron chi connectivity index (χ2n) is 25.3. The summed E-state index contributed by atoms with van der Waals surface area (Å²) in [5.41, 5.74) is 11.0. The number of unbranched alkanes of at least 4 members (excludes halogenated alkanes) is 2. The molecule has 8 heterocycles. The van der Waals surface area contributed by atoms with E-state index in [0.717, 1.165) is 90.4 Å². The summed E-state index contributed by atoms with van der Waals surface area (Å²) in [6, 6.07) is 73.6. The number of nitrogens with zero attached hydrogens (tertiary/aromatic N) is 13. The number of aromatic nitrogens is 8. The molecule has 0 saturated carbocycles. The van der Waals surface area contributed by atoms with E-state index in [1.165, 1.54) is 113 Å². The van der Waals surface area contributed by atoms with Gasteiger partial charge in [-0.25, -0.2) is 30.5 Å². The van der Waals surface area contributed by atoms with Crippen molar-refractivity contribution < 1.29 is 63.9 Å². The van der Waals surface area contributed by atoms with Gasteiger partial charge in [-0.05, 0) is 168 Å². The van der Waals surface area contributed by atoms with Gasteiger partial charge in [0.2, 0.25) is 0 Å². The van der Waals surface area contributed by atoms with Gasteiger partial charge in [0.1, 0.15) is 38.1 Å². The highest BCUT2D eigenvalue weighted by atomic mass is 32.2. The van der Waals surface area contributed by atoms with Gasteiger partial charge in [-0.15, -0.1) is 0 Å². The minimum absolute atomic E-state index is 0.0546. The van der Waals surface area contributed by atoms with Crippen molar-refractivity contribution in [3.05, 3.63) is 270 Å². The van der Waals surface area contributed by atoms with E-state index in [0.29, 0.717) is 9.93 Å². The molecule has 0 spiro atoms. The molecule has 0 saturated heterocycles. The van der Waals surface area contributed by atoms with E-state index in [2.05, 4.69) is 176 Å². The van der Waals surface area contributed by atoms with Crippen molar-refractivity contribution in [1.82, 2.24) is 18.3 Å². The molecule has 0 aliphatic rings. The third kappa shape index (κ3) is 20.9. The van der Waals surface area contributed by atoms with Gasteiger partial charge < -0.3 is 39.1 Å². The van der Waals surface area contributed by atoms with Gasteiger partial charge in [0.25, 0.3) is 0 Å². The Morgan fingerprint density at radius 3 is 1.37 bits per heavy atom. The van der Waals surface area contributed by atoms with Crippen LogP contribution in [0.2, 0.25) is 0 Å². The summed E-state index contributed by atoms with van der Waals surface area (Å²) in [5.74, 6) is -0.117. The summed E-state index contributed by atoms with van der Waals surface area (Å²) in [5, 5.41) is 41.5. The molecule has 25 nitrogen and oxygen atoms in total. The van der Waals surface area contributed by atoms with E-state index in [4.69, 9.17) is 35.3 Å². The normalized spacial score (nSPS) is 12.6. The Labute approximate surface area is 696 Å². The van der Waals surface area contributed by atoms with Crippen LogP contribution in [-0.4, -0.2) is 44.7 Å². The molecule has 0 fully saturated rings. The lowest BCUT2D eigenvalue weighted by Crippen LogP contribution is -2.36. The molecule has 0 N–H and O–H groups in total. The molecule has 0 radical (unpaired) electrons. The highest BCUT2D eigenvalue weighted by Crippen LogP contribution is 2.32. The molecule has 2 unspecified atom stereocenters. The van der Waals surface area contributed by atoms with Crippen LogP contribution in [-0.2, 0) is 94.0 Å². The monoisotopic (exact) mass is 1750 g/mol. The summed E-state index contributed by atoms with van der Waals surface area (Å²) in [6.07, 6.45) is 4.73. The fraction of sp³-hybridized carbons (Fsp3) is 0.190. The Balaban J connectivity index is 0.000000134. The number of aryl methyl sites for hydroxylation is 6.